The van der Waals surface area contributed by atoms with E-state index in [-0.39, 0.29) is 11.9 Å². The molecule has 23 heavy (non-hydrogen) atoms. The molecule has 126 valence electrons. The Bertz CT molecular complexity index is 531. The molecule has 2 unspecified atom stereocenters. The highest BCUT2D eigenvalue weighted by atomic mass is 79.9. The smallest absolute Gasteiger partial charge is 0.237 e. The Morgan fingerprint density at radius 3 is 2.96 bits per heavy atom. The number of hydrogen-bond donors (Lipinski definition) is 2. The number of amides is 1. The summed E-state index contributed by atoms with van der Waals surface area (Å²) in [6.45, 7) is 4.98. The summed E-state index contributed by atoms with van der Waals surface area (Å²) in [4.78, 5) is 14.6. The van der Waals surface area contributed by atoms with E-state index in [1.807, 2.05) is 0 Å². The van der Waals surface area contributed by atoms with Crippen LogP contribution in [0.5, 0.6) is 0 Å². The van der Waals surface area contributed by atoms with Crippen LogP contribution in [0.15, 0.2) is 28.7 Å². The monoisotopic (exact) mass is 379 g/mol. The number of carbonyl (C=O) groups is 1. The molecule has 0 aliphatic carbocycles. The molecule has 5 heteroatoms. The van der Waals surface area contributed by atoms with Gasteiger partial charge in [-0.05, 0) is 56.3 Å². The highest BCUT2D eigenvalue weighted by molar-refractivity contribution is 9.10. The second-order valence-corrected chi connectivity index (χ2v) is 7.58. The van der Waals surface area contributed by atoms with Crippen LogP contribution in [-0.4, -0.2) is 43.0 Å². The first-order valence-electron chi connectivity index (χ1n) is 8.69. The van der Waals surface area contributed by atoms with Gasteiger partial charge in [-0.15, -0.1) is 0 Å². The van der Waals surface area contributed by atoms with Crippen molar-refractivity contribution < 1.29 is 4.79 Å². The van der Waals surface area contributed by atoms with E-state index in [4.69, 9.17) is 0 Å². The molecule has 2 aliphatic rings. The zero-order valence-corrected chi connectivity index (χ0v) is 15.1. The van der Waals surface area contributed by atoms with Crippen LogP contribution in [0.3, 0.4) is 0 Å². The van der Waals surface area contributed by atoms with Crippen LogP contribution in [-0.2, 0) is 11.3 Å². The average Bonchev–Trinajstić information content (AvgIpc) is 3.10. The lowest BCUT2D eigenvalue weighted by molar-refractivity contribution is -0.123. The van der Waals surface area contributed by atoms with Gasteiger partial charge in [0, 0.05) is 24.1 Å². The van der Waals surface area contributed by atoms with Crippen molar-refractivity contribution in [3.63, 3.8) is 0 Å². The molecule has 2 saturated heterocycles. The average molecular weight is 380 g/mol. The summed E-state index contributed by atoms with van der Waals surface area (Å²) in [6, 6.07) is 8.47. The molecule has 2 fully saturated rings. The van der Waals surface area contributed by atoms with E-state index in [9.17, 15) is 4.79 Å². The normalized spacial score (nSPS) is 25.4. The minimum absolute atomic E-state index is 0.0370. The third-order valence-corrected chi connectivity index (χ3v) is 5.67. The van der Waals surface area contributed by atoms with Gasteiger partial charge in [0.15, 0.2) is 0 Å². The Hall–Kier alpha value is -0.910. The fourth-order valence-electron chi connectivity index (χ4n) is 3.61. The molecule has 1 aromatic rings. The van der Waals surface area contributed by atoms with Gasteiger partial charge in [-0.3, -0.25) is 9.69 Å². The minimum Gasteiger partial charge on any atom is -0.354 e. The number of nitrogens with one attached hydrogen (secondary N) is 2. The predicted octanol–water partition coefficient (Wildman–Crippen LogP) is 2.53. The zero-order chi connectivity index (χ0) is 16.1. The number of rotatable bonds is 5. The molecule has 0 spiro atoms. The van der Waals surface area contributed by atoms with E-state index < -0.39 is 0 Å². The molecule has 1 aromatic carbocycles. The molecule has 2 N–H and O–H groups in total. The Balaban J connectivity index is 1.46. The quantitative estimate of drug-likeness (QED) is 0.825. The van der Waals surface area contributed by atoms with Crippen LogP contribution < -0.4 is 10.6 Å². The summed E-state index contributed by atoms with van der Waals surface area (Å²) in [7, 11) is 0. The van der Waals surface area contributed by atoms with Gasteiger partial charge >= 0.3 is 0 Å². The van der Waals surface area contributed by atoms with Crippen molar-refractivity contribution in [1.29, 1.82) is 0 Å². The maximum Gasteiger partial charge on any atom is 0.237 e. The molecule has 2 aliphatic heterocycles. The summed E-state index contributed by atoms with van der Waals surface area (Å²) in [5.41, 5.74) is 1.34. The molecule has 4 nitrogen and oxygen atoms in total. The van der Waals surface area contributed by atoms with E-state index in [2.05, 4.69) is 55.7 Å². The molecule has 2 atom stereocenters. The third-order valence-electron chi connectivity index (χ3n) is 4.90. The number of hydrogen-bond acceptors (Lipinski definition) is 3. The van der Waals surface area contributed by atoms with Crippen LogP contribution in [0.4, 0.5) is 0 Å². The molecular weight excluding hydrogens is 354 g/mol. The van der Waals surface area contributed by atoms with Crippen LogP contribution in [0.25, 0.3) is 0 Å². The van der Waals surface area contributed by atoms with E-state index in [0.29, 0.717) is 5.92 Å². The molecule has 3 rings (SSSR count). The van der Waals surface area contributed by atoms with Gasteiger partial charge in [0.1, 0.15) is 0 Å². The number of nitrogens with zero attached hydrogens (tertiary/aromatic N) is 1. The third kappa shape index (κ3) is 4.78. The highest BCUT2D eigenvalue weighted by Gasteiger charge is 2.24. The second kappa shape index (κ2) is 8.27. The molecule has 0 aromatic heterocycles. The number of likely N-dealkylation sites (tertiary alicyclic amines) is 1. The van der Waals surface area contributed by atoms with Crippen LogP contribution >= 0.6 is 15.9 Å². The Labute approximate surface area is 147 Å². The second-order valence-electron chi connectivity index (χ2n) is 6.73. The molecule has 0 saturated carbocycles. The first-order chi connectivity index (χ1) is 11.2. The maximum absolute atomic E-state index is 12.1. The molecule has 0 bridgehead atoms. The van der Waals surface area contributed by atoms with Crippen molar-refractivity contribution in [2.45, 2.75) is 38.3 Å². The van der Waals surface area contributed by atoms with Gasteiger partial charge in [0.05, 0.1) is 6.04 Å². The van der Waals surface area contributed by atoms with Gasteiger partial charge in [0.25, 0.3) is 0 Å². The lowest BCUT2D eigenvalue weighted by atomic mass is 9.97. The van der Waals surface area contributed by atoms with Crippen molar-refractivity contribution >= 4 is 21.8 Å². The van der Waals surface area contributed by atoms with E-state index >= 15 is 0 Å². The summed E-state index contributed by atoms with van der Waals surface area (Å²) in [5, 5.41) is 6.42. The lowest BCUT2D eigenvalue weighted by Gasteiger charge is -2.33. The first kappa shape index (κ1) is 16.9. The molecule has 2 heterocycles. The van der Waals surface area contributed by atoms with Crippen molar-refractivity contribution in [3.8, 4) is 0 Å². The molecule has 1 amide bonds. The maximum atomic E-state index is 12.1. The fourth-order valence-corrected chi connectivity index (χ4v) is 4.02. The van der Waals surface area contributed by atoms with Gasteiger partial charge in [-0.1, -0.05) is 34.1 Å². The van der Waals surface area contributed by atoms with E-state index in [1.54, 1.807) is 0 Å². The summed E-state index contributed by atoms with van der Waals surface area (Å²) in [6.07, 6.45) is 4.52. The van der Waals surface area contributed by atoms with Crippen molar-refractivity contribution in [2.75, 3.05) is 26.2 Å². The van der Waals surface area contributed by atoms with E-state index in [0.717, 1.165) is 45.6 Å². The summed E-state index contributed by atoms with van der Waals surface area (Å²) < 4.78 is 1.18. The standard InChI is InChI=1S/C18H26BrN3O/c19-16-7-2-1-6-15(16)13-22-10-4-5-14(12-22)11-21-18(23)17-8-3-9-20-17/h1-2,6-7,14,17,20H,3-5,8-13H2,(H,21,23). The van der Waals surface area contributed by atoms with Gasteiger partial charge in [-0.25, -0.2) is 0 Å². The fraction of sp³-hybridized carbons (Fsp3) is 0.611. The minimum atomic E-state index is 0.0370. The first-order valence-corrected chi connectivity index (χ1v) is 9.48. The van der Waals surface area contributed by atoms with Crippen LogP contribution in [0.1, 0.15) is 31.2 Å². The van der Waals surface area contributed by atoms with Crippen molar-refractivity contribution in [3.05, 3.63) is 34.3 Å². The van der Waals surface area contributed by atoms with Crippen LogP contribution in [0.2, 0.25) is 0 Å². The van der Waals surface area contributed by atoms with Crippen LogP contribution in [0, 0.1) is 5.92 Å². The number of halogens is 1. The lowest BCUT2D eigenvalue weighted by Crippen LogP contribution is -2.45. The highest BCUT2D eigenvalue weighted by Crippen LogP contribution is 2.22. The number of benzene rings is 1. The zero-order valence-electron chi connectivity index (χ0n) is 13.6. The predicted molar refractivity (Wildman–Crippen MR) is 96.2 cm³/mol. The Kier molecular flexibility index (Phi) is 6.08. The number of carbonyl (C=O) groups excluding carboxylic acids is 1. The van der Waals surface area contributed by atoms with E-state index in [1.165, 1.54) is 22.9 Å². The topological polar surface area (TPSA) is 44.4 Å². The van der Waals surface area contributed by atoms with Gasteiger partial charge in [0.2, 0.25) is 5.91 Å². The van der Waals surface area contributed by atoms with Crippen molar-refractivity contribution in [2.24, 2.45) is 5.92 Å². The van der Waals surface area contributed by atoms with Gasteiger partial charge < -0.3 is 10.6 Å². The van der Waals surface area contributed by atoms with Crippen molar-refractivity contribution in [1.82, 2.24) is 15.5 Å². The summed E-state index contributed by atoms with van der Waals surface area (Å²) >= 11 is 3.64. The SMILES string of the molecule is O=C(NCC1CCCN(Cc2ccccc2Br)C1)C1CCCN1. The van der Waals surface area contributed by atoms with Gasteiger partial charge in [-0.2, -0.15) is 0 Å². The molecular formula is C18H26BrN3O. The summed E-state index contributed by atoms with van der Waals surface area (Å²) in [5.74, 6) is 0.752. The molecule has 0 radical (unpaired) electrons. The number of piperidine rings is 1. The Morgan fingerprint density at radius 2 is 2.17 bits per heavy atom. The largest absolute Gasteiger partial charge is 0.354 e. The Morgan fingerprint density at radius 1 is 1.30 bits per heavy atom.